The number of hydrogen-bond donors (Lipinski definition) is 1. The summed E-state index contributed by atoms with van der Waals surface area (Å²) < 4.78 is 11.9. The third kappa shape index (κ3) is 2.34. The Hall–Kier alpha value is -0.160. The zero-order valence-corrected chi connectivity index (χ0v) is 16.4. The molecule has 3 unspecified atom stereocenters. The van der Waals surface area contributed by atoms with Crippen LogP contribution in [0.3, 0.4) is 0 Å². The van der Waals surface area contributed by atoms with E-state index in [4.69, 9.17) is 9.47 Å². The van der Waals surface area contributed by atoms with Gasteiger partial charge in [0.2, 0.25) is 0 Å². The van der Waals surface area contributed by atoms with Crippen LogP contribution in [0.25, 0.3) is 0 Å². The molecule has 5 rings (SSSR count). The van der Waals surface area contributed by atoms with Crippen molar-refractivity contribution in [3.63, 3.8) is 0 Å². The first-order valence-electron chi connectivity index (χ1n) is 11.0. The van der Waals surface area contributed by atoms with Gasteiger partial charge in [0.25, 0.3) is 0 Å². The number of aliphatic hydroxyl groups is 1. The van der Waals surface area contributed by atoms with Crippen molar-refractivity contribution in [2.24, 2.45) is 35.0 Å². The zero-order chi connectivity index (χ0) is 18.2. The van der Waals surface area contributed by atoms with Gasteiger partial charge in [0, 0.05) is 5.92 Å². The minimum Gasteiger partial charge on any atom is -0.849 e. The molecule has 0 radical (unpaired) electrons. The molecule has 1 heterocycles. The lowest BCUT2D eigenvalue weighted by atomic mass is 9.46. The van der Waals surface area contributed by atoms with Gasteiger partial charge < -0.3 is 19.7 Å². The maximum absolute atomic E-state index is 14.2. The summed E-state index contributed by atoms with van der Waals surface area (Å²) >= 11 is 0. The highest BCUT2D eigenvalue weighted by molar-refractivity contribution is 5.12. The van der Waals surface area contributed by atoms with Crippen LogP contribution in [0.15, 0.2) is 0 Å². The predicted octanol–water partition coefficient (Wildman–Crippen LogP) is 2.86. The standard InChI is InChI=1S/C22H35O4/c1-20-9-7-15(23)13-14(20)3-4-16-17(20)8-10-22(24)18(16)5-6-19(22)21(2)25-11-12-26-21/h14-19,23H,3-13H2,1-2H3/q-1/t14-,15-,16?,17?,18?,19+,20-,22+/m0/s1. The average Bonchev–Trinajstić information content (AvgIpc) is 3.19. The molecule has 5 fully saturated rings. The lowest BCUT2D eigenvalue weighted by Gasteiger charge is -2.64. The SMILES string of the molecule is CC1([C@H]2CCC3C4CC[C@H]5C[C@@H](O)CC[C@]5(C)C4CC[C@@]32[O-])OCCO1. The Balaban J connectivity index is 1.41. The molecule has 5 aliphatic rings. The number of rotatable bonds is 1. The molecule has 4 aliphatic carbocycles. The van der Waals surface area contributed by atoms with Crippen molar-refractivity contribution >= 4 is 0 Å². The van der Waals surface area contributed by atoms with Gasteiger partial charge in [-0.2, -0.15) is 0 Å². The van der Waals surface area contributed by atoms with Gasteiger partial charge in [0.1, 0.15) is 0 Å². The van der Waals surface area contributed by atoms with Gasteiger partial charge in [-0.3, -0.25) is 0 Å². The summed E-state index contributed by atoms with van der Waals surface area (Å²) in [5.74, 6) is 1.55. The molecular formula is C22H35O4-. The predicted molar refractivity (Wildman–Crippen MR) is 96.2 cm³/mol. The third-order valence-electron chi connectivity index (χ3n) is 9.56. The zero-order valence-electron chi connectivity index (χ0n) is 16.4. The molecular weight excluding hydrogens is 328 g/mol. The van der Waals surface area contributed by atoms with E-state index in [0.29, 0.717) is 42.3 Å². The number of hydrogen-bond acceptors (Lipinski definition) is 4. The van der Waals surface area contributed by atoms with Gasteiger partial charge in [-0.05, 0) is 74.5 Å². The fourth-order valence-corrected chi connectivity index (χ4v) is 8.29. The maximum atomic E-state index is 14.2. The molecule has 4 heteroatoms. The highest BCUT2D eigenvalue weighted by Gasteiger charge is 2.61. The van der Waals surface area contributed by atoms with Crippen molar-refractivity contribution in [3.8, 4) is 0 Å². The van der Waals surface area contributed by atoms with E-state index >= 15 is 0 Å². The van der Waals surface area contributed by atoms with Crippen LogP contribution >= 0.6 is 0 Å². The third-order valence-corrected chi connectivity index (χ3v) is 9.56. The molecule has 0 aromatic heterocycles. The smallest absolute Gasteiger partial charge is 0.167 e. The van der Waals surface area contributed by atoms with Crippen molar-refractivity contribution in [1.29, 1.82) is 0 Å². The maximum Gasteiger partial charge on any atom is 0.167 e. The van der Waals surface area contributed by atoms with Gasteiger partial charge in [-0.1, -0.05) is 26.2 Å². The molecule has 1 N–H and O–H groups in total. The lowest BCUT2D eigenvalue weighted by molar-refractivity contribution is -0.524. The van der Waals surface area contributed by atoms with E-state index in [1.165, 1.54) is 12.8 Å². The summed E-state index contributed by atoms with van der Waals surface area (Å²) in [5.41, 5.74) is -0.524. The largest absolute Gasteiger partial charge is 0.849 e. The van der Waals surface area contributed by atoms with E-state index in [2.05, 4.69) is 6.92 Å². The van der Waals surface area contributed by atoms with Gasteiger partial charge in [-0.25, -0.2) is 0 Å². The van der Waals surface area contributed by atoms with Crippen LogP contribution in [0.5, 0.6) is 0 Å². The summed E-state index contributed by atoms with van der Waals surface area (Å²) in [6.45, 7) is 5.75. The van der Waals surface area contributed by atoms with Gasteiger partial charge in [-0.15, -0.1) is 5.60 Å². The summed E-state index contributed by atoms with van der Waals surface area (Å²) in [5, 5.41) is 24.3. The summed E-state index contributed by atoms with van der Waals surface area (Å²) in [6.07, 6.45) is 9.25. The van der Waals surface area contributed by atoms with Gasteiger partial charge in [0.15, 0.2) is 5.79 Å². The molecule has 26 heavy (non-hydrogen) atoms. The van der Waals surface area contributed by atoms with Crippen molar-refractivity contribution < 1.29 is 19.7 Å². The van der Waals surface area contributed by atoms with E-state index in [9.17, 15) is 10.2 Å². The Bertz CT molecular complexity index is 558. The van der Waals surface area contributed by atoms with Crippen molar-refractivity contribution in [2.75, 3.05) is 13.2 Å². The molecule has 0 spiro atoms. The minimum absolute atomic E-state index is 0.00200. The Morgan fingerprint density at radius 1 is 0.885 bits per heavy atom. The second-order valence-corrected chi connectivity index (χ2v) is 10.4. The van der Waals surface area contributed by atoms with Crippen molar-refractivity contribution in [2.45, 2.75) is 89.1 Å². The molecule has 148 valence electrons. The molecule has 0 bridgehead atoms. The van der Waals surface area contributed by atoms with Crippen molar-refractivity contribution in [3.05, 3.63) is 0 Å². The fourth-order valence-electron chi connectivity index (χ4n) is 8.29. The molecule has 4 nitrogen and oxygen atoms in total. The molecule has 1 aliphatic heterocycles. The molecule has 0 amide bonds. The average molecular weight is 364 g/mol. The molecule has 0 aromatic carbocycles. The minimum atomic E-state index is -0.863. The fraction of sp³-hybridized carbons (Fsp3) is 1.00. The summed E-state index contributed by atoms with van der Waals surface area (Å²) in [7, 11) is 0. The van der Waals surface area contributed by atoms with Crippen LogP contribution in [-0.4, -0.2) is 35.8 Å². The quantitative estimate of drug-likeness (QED) is 0.778. The highest BCUT2D eigenvalue weighted by Crippen LogP contribution is 2.65. The van der Waals surface area contributed by atoms with Crippen LogP contribution in [0.4, 0.5) is 0 Å². The Morgan fingerprint density at radius 3 is 2.42 bits per heavy atom. The van der Waals surface area contributed by atoms with E-state index in [0.717, 1.165) is 44.9 Å². The first-order chi connectivity index (χ1) is 12.4. The number of aliphatic hydroxyl groups excluding tert-OH is 1. The summed E-state index contributed by atoms with van der Waals surface area (Å²) in [6, 6.07) is 0. The molecule has 8 atom stereocenters. The molecule has 0 aromatic rings. The van der Waals surface area contributed by atoms with Crippen LogP contribution in [-0.2, 0) is 9.47 Å². The second kappa shape index (κ2) is 5.92. The first-order valence-corrected chi connectivity index (χ1v) is 11.0. The number of fused-ring (bicyclic) bond motifs is 5. The van der Waals surface area contributed by atoms with E-state index in [1.54, 1.807) is 0 Å². The monoisotopic (exact) mass is 363 g/mol. The van der Waals surface area contributed by atoms with Crippen molar-refractivity contribution in [1.82, 2.24) is 0 Å². The van der Waals surface area contributed by atoms with Gasteiger partial charge >= 0.3 is 0 Å². The van der Waals surface area contributed by atoms with E-state index < -0.39 is 11.4 Å². The highest BCUT2D eigenvalue weighted by atomic mass is 16.7. The van der Waals surface area contributed by atoms with E-state index in [-0.39, 0.29) is 12.0 Å². The normalized spacial score (nSPS) is 55.8. The summed E-state index contributed by atoms with van der Waals surface area (Å²) in [4.78, 5) is 0. The van der Waals surface area contributed by atoms with Crippen LogP contribution in [0, 0.1) is 35.0 Å². The van der Waals surface area contributed by atoms with Crippen LogP contribution < -0.4 is 5.11 Å². The van der Waals surface area contributed by atoms with Crippen LogP contribution in [0.2, 0.25) is 0 Å². The Labute approximate surface area is 157 Å². The molecule has 4 saturated carbocycles. The topological polar surface area (TPSA) is 61.8 Å². The molecule has 1 saturated heterocycles. The van der Waals surface area contributed by atoms with Gasteiger partial charge in [0.05, 0.1) is 19.3 Å². The second-order valence-electron chi connectivity index (χ2n) is 10.4. The van der Waals surface area contributed by atoms with E-state index in [1.807, 2.05) is 6.92 Å². The number of ether oxygens (including phenoxy) is 2. The Kier molecular flexibility index (Phi) is 4.08. The Morgan fingerprint density at radius 2 is 1.65 bits per heavy atom. The lowest BCUT2D eigenvalue weighted by Crippen LogP contribution is -2.65. The van der Waals surface area contributed by atoms with Crippen LogP contribution in [0.1, 0.15) is 71.6 Å². The first kappa shape index (κ1) is 17.9.